The number of hydrogen-bond acceptors (Lipinski definition) is 8. The van der Waals surface area contributed by atoms with Crippen molar-refractivity contribution in [2.45, 2.75) is 21.5 Å². The highest BCUT2D eigenvalue weighted by atomic mass is 35.5. The molecule has 16 heteroatoms. The van der Waals surface area contributed by atoms with Crippen LogP contribution in [0.1, 0.15) is 43.8 Å². The molecule has 0 aliphatic carbocycles. The standard InChI is InChI=1S/C22H14Cl4N4O8/c23-19(21(25)15-6-4-13(27(31)32)9-17(15)29(35)36)11-2-1-3-12(8-11)20(24)22(26)16-7-5-14(28(33)34)10-18(16)30(37)38/h1-10,19-22H/t19-,20+,21-,22-/m1/s1. The third-order valence-corrected chi connectivity index (χ3v) is 7.74. The maximum atomic E-state index is 11.5. The lowest BCUT2D eigenvalue weighted by Crippen LogP contribution is -2.07. The van der Waals surface area contributed by atoms with Crippen molar-refractivity contribution in [1.82, 2.24) is 0 Å². The first-order valence-electron chi connectivity index (χ1n) is 10.3. The number of rotatable bonds is 10. The summed E-state index contributed by atoms with van der Waals surface area (Å²) in [5.74, 6) is 0. The van der Waals surface area contributed by atoms with Crippen molar-refractivity contribution in [3.8, 4) is 0 Å². The van der Waals surface area contributed by atoms with Gasteiger partial charge in [0, 0.05) is 12.1 Å². The van der Waals surface area contributed by atoms with Crippen LogP contribution in [0.4, 0.5) is 22.7 Å². The van der Waals surface area contributed by atoms with E-state index >= 15 is 0 Å². The van der Waals surface area contributed by atoms with Gasteiger partial charge in [-0.1, -0.05) is 24.3 Å². The molecule has 0 amide bonds. The van der Waals surface area contributed by atoms with E-state index in [2.05, 4.69) is 0 Å². The minimum atomic E-state index is -1.19. The van der Waals surface area contributed by atoms with Gasteiger partial charge in [0.25, 0.3) is 22.7 Å². The van der Waals surface area contributed by atoms with Gasteiger partial charge in [0.15, 0.2) is 0 Å². The third-order valence-electron chi connectivity index (χ3n) is 5.50. The van der Waals surface area contributed by atoms with Crippen LogP contribution in [0, 0.1) is 40.5 Å². The van der Waals surface area contributed by atoms with E-state index in [1.807, 2.05) is 0 Å². The Morgan fingerprint density at radius 2 is 0.868 bits per heavy atom. The van der Waals surface area contributed by atoms with Crippen LogP contribution in [0.5, 0.6) is 0 Å². The summed E-state index contributed by atoms with van der Waals surface area (Å²) in [5, 5.41) is 40.5. The number of nitro groups is 4. The zero-order chi connectivity index (χ0) is 28.3. The van der Waals surface area contributed by atoms with E-state index in [9.17, 15) is 40.5 Å². The number of hydrogen-bond donors (Lipinski definition) is 0. The van der Waals surface area contributed by atoms with Crippen LogP contribution in [-0.2, 0) is 0 Å². The molecule has 3 rings (SSSR count). The normalized spacial score (nSPS) is 14.2. The van der Waals surface area contributed by atoms with Crippen molar-refractivity contribution in [1.29, 1.82) is 0 Å². The van der Waals surface area contributed by atoms with Crippen LogP contribution >= 0.6 is 46.4 Å². The summed E-state index contributed by atoms with van der Waals surface area (Å²) in [6.07, 6.45) is 0. The molecule has 0 bridgehead atoms. The van der Waals surface area contributed by atoms with Gasteiger partial charge in [0.2, 0.25) is 0 Å². The summed E-state index contributed by atoms with van der Waals surface area (Å²) in [5.41, 5.74) is -1.51. The van der Waals surface area contributed by atoms with E-state index in [0.717, 1.165) is 36.4 Å². The summed E-state index contributed by atoms with van der Waals surface area (Å²) in [6.45, 7) is 0. The van der Waals surface area contributed by atoms with Gasteiger partial charge in [-0.15, -0.1) is 46.4 Å². The zero-order valence-electron chi connectivity index (χ0n) is 18.6. The fourth-order valence-corrected chi connectivity index (χ4v) is 4.83. The van der Waals surface area contributed by atoms with Crippen molar-refractivity contribution in [3.05, 3.63) is 123 Å². The van der Waals surface area contributed by atoms with Gasteiger partial charge >= 0.3 is 0 Å². The predicted octanol–water partition coefficient (Wildman–Crippen LogP) is 7.84. The molecule has 3 aromatic rings. The molecule has 0 N–H and O–H groups in total. The Morgan fingerprint density at radius 1 is 0.500 bits per heavy atom. The molecule has 198 valence electrons. The summed E-state index contributed by atoms with van der Waals surface area (Å²) >= 11 is 26.0. The first-order chi connectivity index (χ1) is 17.8. The fraction of sp³-hybridized carbons (Fsp3) is 0.182. The summed E-state index contributed by atoms with van der Waals surface area (Å²) < 4.78 is 0. The van der Waals surface area contributed by atoms with Gasteiger partial charge in [0.1, 0.15) is 0 Å². The second kappa shape index (κ2) is 11.9. The molecular formula is C22H14Cl4N4O8. The Kier molecular flexibility index (Phi) is 9.05. The number of nitrogens with zero attached hydrogens (tertiary/aromatic N) is 4. The van der Waals surface area contributed by atoms with Gasteiger partial charge in [0.05, 0.1) is 64.5 Å². The van der Waals surface area contributed by atoms with Crippen LogP contribution in [0.25, 0.3) is 0 Å². The summed E-state index contributed by atoms with van der Waals surface area (Å²) in [7, 11) is 0. The van der Waals surface area contributed by atoms with Crippen LogP contribution < -0.4 is 0 Å². The van der Waals surface area contributed by atoms with E-state index in [1.165, 1.54) is 6.07 Å². The van der Waals surface area contributed by atoms with Gasteiger partial charge in [-0.05, 0) is 23.3 Å². The smallest absolute Gasteiger partial charge is 0.258 e. The summed E-state index contributed by atoms with van der Waals surface area (Å²) in [6, 6.07) is 12.2. The van der Waals surface area contributed by atoms with Crippen LogP contribution in [0.15, 0.2) is 60.7 Å². The zero-order valence-corrected chi connectivity index (χ0v) is 21.7. The van der Waals surface area contributed by atoms with E-state index < -0.39 is 64.0 Å². The van der Waals surface area contributed by atoms with Crippen LogP contribution in [-0.4, -0.2) is 19.7 Å². The third kappa shape index (κ3) is 6.10. The quantitative estimate of drug-likeness (QED) is 0.128. The summed E-state index contributed by atoms with van der Waals surface area (Å²) in [4.78, 5) is 41.9. The number of benzene rings is 3. The first kappa shape index (κ1) is 29.0. The average Bonchev–Trinajstić information content (AvgIpc) is 2.90. The second-order valence-corrected chi connectivity index (χ2v) is 9.67. The molecule has 0 unspecified atom stereocenters. The van der Waals surface area contributed by atoms with Crippen molar-refractivity contribution < 1.29 is 19.7 Å². The molecule has 0 aliphatic rings. The van der Waals surface area contributed by atoms with E-state index in [4.69, 9.17) is 46.4 Å². The van der Waals surface area contributed by atoms with Gasteiger partial charge in [-0.2, -0.15) is 0 Å². The lowest BCUT2D eigenvalue weighted by molar-refractivity contribution is -0.394. The maximum Gasteiger partial charge on any atom is 0.281 e. The minimum absolute atomic E-state index is 0.0492. The molecular weight excluding hydrogens is 590 g/mol. The molecule has 0 heterocycles. The highest BCUT2D eigenvalue weighted by Gasteiger charge is 2.32. The van der Waals surface area contributed by atoms with Crippen molar-refractivity contribution >= 4 is 69.2 Å². The molecule has 0 radical (unpaired) electrons. The molecule has 0 spiro atoms. The second-order valence-electron chi connectivity index (χ2n) is 7.79. The number of nitro benzene ring substituents is 4. The number of halogens is 4. The van der Waals surface area contributed by atoms with Crippen LogP contribution in [0.2, 0.25) is 0 Å². The molecule has 4 atom stereocenters. The van der Waals surface area contributed by atoms with E-state index in [0.29, 0.717) is 11.1 Å². The first-order valence-corrected chi connectivity index (χ1v) is 12.1. The highest BCUT2D eigenvalue weighted by molar-refractivity contribution is 6.31. The molecule has 0 saturated heterocycles. The Balaban J connectivity index is 1.94. The highest BCUT2D eigenvalue weighted by Crippen LogP contribution is 2.47. The average molecular weight is 604 g/mol. The Hall–Kier alpha value is -3.58. The maximum absolute atomic E-state index is 11.5. The van der Waals surface area contributed by atoms with Gasteiger partial charge < -0.3 is 0 Å². The van der Waals surface area contributed by atoms with Crippen molar-refractivity contribution in [2.24, 2.45) is 0 Å². The lowest BCUT2D eigenvalue weighted by Gasteiger charge is -2.20. The molecule has 3 aromatic carbocycles. The molecule has 0 fully saturated rings. The Bertz CT molecular complexity index is 1340. The Morgan fingerprint density at radius 3 is 1.18 bits per heavy atom. The fourth-order valence-electron chi connectivity index (χ4n) is 3.63. The molecule has 12 nitrogen and oxygen atoms in total. The largest absolute Gasteiger partial charge is 0.281 e. The number of non-ortho nitro benzene ring substituents is 2. The van der Waals surface area contributed by atoms with Gasteiger partial charge in [-0.3, -0.25) is 40.5 Å². The molecule has 0 aliphatic heterocycles. The number of alkyl halides is 4. The monoisotopic (exact) mass is 602 g/mol. The Labute approximate surface area is 233 Å². The minimum Gasteiger partial charge on any atom is -0.258 e. The lowest BCUT2D eigenvalue weighted by atomic mass is 9.97. The van der Waals surface area contributed by atoms with Gasteiger partial charge in [-0.25, -0.2) is 0 Å². The van der Waals surface area contributed by atoms with Crippen LogP contribution in [0.3, 0.4) is 0 Å². The topological polar surface area (TPSA) is 173 Å². The predicted molar refractivity (Wildman–Crippen MR) is 140 cm³/mol. The van der Waals surface area contributed by atoms with Crippen molar-refractivity contribution in [2.75, 3.05) is 0 Å². The van der Waals surface area contributed by atoms with Crippen molar-refractivity contribution in [3.63, 3.8) is 0 Å². The molecule has 38 heavy (non-hydrogen) atoms. The SMILES string of the molecule is O=[N+]([O-])c1ccc([C@@H](Cl)[C@H](Cl)c2cccc([C@H](Cl)[C@H](Cl)c3ccc([N+](=O)[O-])cc3[N+](=O)[O-])c2)c([N+](=O)[O-])c1. The van der Waals surface area contributed by atoms with E-state index in [-0.39, 0.29) is 11.1 Å². The molecule has 0 saturated carbocycles. The van der Waals surface area contributed by atoms with E-state index in [1.54, 1.807) is 18.2 Å². The molecule has 0 aromatic heterocycles.